The van der Waals surface area contributed by atoms with Crippen molar-refractivity contribution in [3.63, 3.8) is 0 Å². The normalized spacial score (nSPS) is 11.4. The number of para-hydroxylation sites is 1. The van der Waals surface area contributed by atoms with E-state index in [1.807, 2.05) is 106 Å². The van der Waals surface area contributed by atoms with Gasteiger partial charge in [-0.15, -0.1) is 0 Å². The Morgan fingerprint density at radius 3 is 2.36 bits per heavy atom. The second-order valence-corrected chi connectivity index (χ2v) is 9.19. The van der Waals surface area contributed by atoms with Crippen LogP contribution < -0.4 is 15.6 Å². The lowest BCUT2D eigenvalue weighted by atomic mass is 9.99. The summed E-state index contributed by atoms with van der Waals surface area (Å²) in [7, 11) is 5.63. The van der Waals surface area contributed by atoms with Crippen LogP contribution in [0.3, 0.4) is 0 Å². The van der Waals surface area contributed by atoms with Gasteiger partial charge in [-0.1, -0.05) is 42.5 Å². The third-order valence-electron chi connectivity index (χ3n) is 5.99. The van der Waals surface area contributed by atoms with Crippen molar-refractivity contribution in [2.24, 2.45) is 7.05 Å². The highest BCUT2D eigenvalue weighted by Crippen LogP contribution is 2.39. The van der Waals surface area contributed by atoms with Gasteiger partial charge in [0.15, 0.2) is 0 Å². The first-order valence-corrected chi connectivity index (χ1v) is 11.8. The first-order chi connectivity index (χ1) is 17.2. The zero-order chi connectivity index (χ0) is 25.8. The summed E-state index contributed by atoms with van der Waals surface area (Å²) in [4.78, 5) is 27.3. The summed E-state index contributed by atoms with van der Waals surface area (Å²) in [6.45, 7) is 4.70. The molecule has 0 atom stereocenters. The van der Waals surface area contributed by atoms with Crippen LogP contribution in [0.2, 0.25) is 0 Å². The maximum Gasteiger partial charge on any atom is 0.258 e. The van der Waals surface area contributed by atoms with Gasteiger partial charge in [-0.05, 0) is 68.7 Å². The molecule has 6 heteroatoms. The van der Waals surface area contributed by atoms with Crippen LogP contribution in [-0.4, -0.2) is 36.0 Å². The van der Waals surface area contributed by atoms with Crippen LogP contribution in [0.25, 0.3) is 21.9 Å². The number of aromatic nitrogens is 1. The number of nitrogens with one attached hydrogen (secondary N) is 1. The Kier molecular flexibility index (Phi) is 7.36. The van der Waals surface area contributed by atoms with Crippen LogP contribution in [0, 0.1) is 13.8 Å². The number of aryl methyl sites for hydroxylation is 3. The molecule has 0 unspecified atom stereocenters. The monoisotopic (exact) mass is 481 g/mol. The van der Waals surface area contributed by atoms with Crippen molar-refractivity contribution in [1.29, 1.82) is 0 Å². The molecule has 1 heterocycles. The van der Waals surface area contributed by atoms with Gasteiger partial charge >= 0.3 is 0 Å². The molecular weight excluding hydrogens is 450 g/mol. The van der Waals surface area contributed by atoms with E-state index in [4.69, 9.17) is 4.74 Å². The molecule has 0 aliphatic carbocycles. The molecule has 0 fully saturated rings. The largest absolute Gasteiger partial charge is 0.456 e. The number of ether oxygens (including phenoxy) is 1. The average Bonchev–Trinajstić information content (AvgIpc) is 2.84. The number of pyridine rings is 1. The lowest BCUT2D eigenvalue weighted by Gasteiger charge is -2.18. The van der Waals surface area contributed by atoms with E-state index in [0.29, 0.717) is 23.4 Å². The number of likely N-dealkylation sites (N-methyl/N-ethyl adjacent to an activating group) is 1. The first kappa shape index (κ1) is 24.9. The van der Waals surface area contributed by atoms with Crippen molar-refractivity contribution in [3.05, 3.63) is 100 Å². The minimum atomic E-state index is -0.212. The molecule has 4 aromatic rings. The van der Waals surface area contributed by atoms with Crippen LogP contribution in [0.5, 0.6) is 11.5 Å². The second kappa shape index (κ2) is 10.6. The van der Waals surface area contributed by atoms with E-state index in [1.165, 1.54) is 6.08 Å². The Morgan fingerprint density at radius 1 is 0.972 bits per heavy atom. The Hall–Kier alpha value is -4.16. The number of carbonyl (C=O) groups is 1. The number of carbonyl (C=O) groups excluding carboxylic acids is 1. The number of fused-ring (bicyclic) bond motifs is 1. The highest BCUT2D eigenvalue weighted by atomic mass is 16.5. The lowest BCUT2D eigenvalue weighted by Crippen LogP contribution is -2.16. The van der Waals surface area contributed by atoms with Gasteiger partial charge in [-0.3, -0.25) is 9.59 Å². The minimum absolute atomic E-state index is 0.0675. The molecular formula is C30H31N3O3. The van der Waals surface area contributed by atoms with E-state index in [1.54, 1.807) is 11.6 Å². The maximum atomic E-state index is 12.8. The fourth-order valence-electron chi connectivity index (χ4n) is 4.16. The molecule has 1 N–H and O–H groups in total. The van der Waals surface area contributed by atoms with Gasteiger partial charge in [-0.25, -0.2) is 0 Å². The molecule has 0 saturated carbocycles. The van der Waals surface area contributed by atoms with E-state index in [9.17, 15) is 9.59 Å². The minimum Gasteiger partial charge on any atom is -0.456 e. The van der Waals surface area contributed by atoms with Gasteiger partial charge in [0.1, 0.15) is 11.5 Å². The van der Waals surface area contributed by atoms with Crippen LogP contribution in [-0.2, 0) is 11.8 Å². The molecule has 1 aromatic heterocycles. The molecule has 0 bridgehead atoms. The van der Waals surface area contributed by atoms with Gasteiger partial charge in [0, 0.05) is 48.1 Å². The van der Waals surface area contributed by atoms with Gasteiger partial charge in [0.2, 0.25) is 5.91 Å². The van der Waals surface area contributed by atoms with E-state index >= 15 is 0 Å². The zero-order valence-corrected chi connectivity index (χ0v) is 21.3. The predicted octanol–water partition coefficient (Wildman–Crippen LogP) is 5.67. The predicted molar refractivity (Wildman–Crippen MR) is 147 cm³/mol. The van der Waals surface area contributed by atoms with E-state index in [-0.39, 0.29) is 11.5 Å². The zero-order valence-electron chi connectivity index (χ0n) is 21.3. The number of amides is 1. The lowest BCUT2D eigenvalue weighted by molar-refractivity contribution is -0.111. The summed E-state index contributed by atoms with van der Waals surface area (Å²) in [6, 6.07) is 19.1. The molecule has 4 rings (SSSR count). The number of anilines is 1. The number of hydrogen-bond donors (Lipinski definition) is 1. The Bertz CT molecular complexity index is 1500. The number of hydrogen-bond acceptors (Lipinski definition) is 4. The fraction of sp³-hybridized carbons (Fsp3) is 0.200. The molecule has 0 radical (unpaired) electrons. The fourth-order valence-corrected chi connectivity index (χ4v) is 4.16. The number of nitrogens with zero attached hydrogens (tertiary/aromatic N) is 2. The van der Waals surface area contributed by atoms with Gasteiger partial charge < -0.3 is 19.5 Å². The standard InChI is InChI=1S/C30H31N3O3/c1-20-10-8-11-21(2)29(20)36-27-16-15-22(31-28(34)14-9-17-32(3)4)18-25(27)26-19-33(5)30(35)24-13-7-6-12-23(24)26/h6-16,18-19H,17H2,1-5H3,(H,31,34). The Balaban J connectivity index is 1.85. The molecule has 1 amide bonds. The summed E-state index contributed by atoms with van der Waals surface area (Å²) < 4.78 is 8.06. The van der Waals surface area contributed by atoms with Crippen molar-refractivity contribution in [3.8, 4) is 22.6 Å². The summed E-state index contributed by atoms with van der Waals surface area (Å²) in [5.41, 5.74) is 4.23. The Labute approximate surface area is 211 Å². The van der Waals surface area contributed by atoms with Crippen molar-refractivity contribution in [2.45, 2.75) is 13.8 Å². The maximum absolute atomic E-state index is 12.8. The Morgan fingerprint density at radius 2 is 1.67 bits per heavy atom. The van der Waals surface area contributed by atoms with Gasteiger partial charge in [-0.2, -0.15) is 0 Å². The molecule has 6 nitrogen and oxygen atoms in total. The molecule has 36 heavy (non-hydrogen) atoms. The van der Waals surface area contributed by atoms with Gasteiger partial charge in [0.25, 0.3) is 5.56 Å². The molecule has 184 valence electrons. The molecule has 0 aliphatic rings. The van der Waals surface area contributed by atoms with Crippen LogP contribution in [0.1, 0.15) is 11.1 Å². The average molecular weight is 482 g/mol. The van der Waals surface area contributed by atoms with Crippen LogP contribution >= 0.6 is 0 Å². The molecule has 0 aliphatic heterocycles. The smallest absolute Gasteiger partial charge is 0.258 e. The number of benzene rings is 3. The molecule has 0 saturated heterocycles. The summed E-state index contributed by atoms with van der Waals surface area (Å²) in [5, 5.41) is 4.39. The highest BCUT2D eigenvalue weighted by Gasteiger charge is 2.16. The van der Waals surface area contributed by atoms with E-state index in [0.717, 1.165) is 33.4 Å². The third-order valence-corrected chi connectivity index (χ3v) is 5.99. The van der Waals surface area contributed by atoms with Crippen molar-refractivity contribution < 1.29 is 9.53 Å². The SMILES string of the molecule is Cc1cccc(C)c1Oc1ccc(NC(=O)C=CCN(C)C)cc1-c1cn(C)c(=O)c2ccccc12. The highest BCUT2D eigenvalue weighted by molar-refractivity contribution is 6.01. The van der Waals surface area contributed by atoms with E-state index in [2.05, 4.69) is 5.32 Å². The van der Waals surface area contributed by atoms with Gasteiger partial charge in [0.05, 0.1) is 0 Å². The summed E-state index contributed by atoms with van der Waals surface area (Å²) in [5.74, 6) is 1.21. The summed E-state index contributed by atoms with van der Waals surface area (Å²) >= 11 is 0. The third kappa shape index (κ3) is 5.39. The van der Waals surface area contributed by atoms with Crippen molar-refractivity contribution >= 4 is 22.4 Å². The van der Waals surface area contributed by atoms with E-state index < -0.39 is 0 Å². The van der Waals surface area contributed by atoms with Crippen LogP contribution in [0.15, 0.2) is 83.8 Å². The number of rotatable bonds is 7. The van der Waals surface area contributed by atoms with Crippen LogP contribution in [0.4, 0.5) is 5.69 Å². The van der Waals surface area contributed by atoms with Crippen molar-refractivity contribution in [2.75, 3.05) is 26.0 Å². The topological polar surface area (TPSA) is 63.6 Å². The van der Waals surface area contributed by atoms with Crippen molar-refractivity contribution in [1.82, 2.24) is 9.47 Å². The summed E-state index contributed by atoms with van der Waals surface area (Å²) in [6.07, 6.45) is 5.16. The first-order valence-electron chi connectivity index (χ1n) is 11.8. The molecule has 0 spiro atoms. The molecule has 3 aromatic carbocycles. The second-order valence-electron chi connectivity index (χ2n) is 9.19. The quantitative estimate of drug-likeness (QED) is 0.346.